The highest BCUT2D eigenvalue weighted by Crippen LogP contribution is 2.24. The summed E-state index contributed by atoms with van der Waals surface area (Å²) in [5.74, 6) is 0.856. The van der Waals surface area contributed by atoms with Gasteiger partial charge in [-0.1, -0.05) is 25.1 Å². The van der Waals surface area contributed by atoms with E-state index in [0.717, 1.165) is 30.3 Å². The second kappa shape index (κ2) is 6.29. The normalized spacial score (nSPS) is 10.5. The Morgan fingerprint density at radius 3 is 2.58 bits per heavy atom. The molecule has 0 fully saturated rings. The zero-order valence-corrected chi connectivity index (χ0v) is 11.7. The van der Waals surface area contributed by atoms with E-state index in [1.807, 2.05) is 31.6 Å². The van der Waals surface area contributed by atoms with Crippen molar-refractivity contribution in [3.63, 3.8) is 0 Å². The number of hydrogen-bond acceptors (Lipinski definition) is 4. The molecular weight excluding hydrogens is 236 g/mol. The minimum Gasteiger partial charge on any atom is -0.328 e. The van der Waals surface area contributed by atoms with Gasteiger partial charge >= 0.3 is 0 Å². The Balaban J connectivity index is 2.16. The third-order valence-corrected chi connectivity index (χ3v) is 3.07. The van der Waals surface area contributed by atoms with Crippen molar-refractivity contribution >= 4 is 11.5 Å². The highest BCUT2D eigenvalue weighted by molar-refractivity contribution is 5.62. The van der Waals surface area contributed by atoms with Crippen molar-refractivity contribution < 1.29 is 0 Å². The van der Waals surface area contributed by atoms with Gasteiger partial charge < -0.3 is 10.2 Å². The van der Waals surface area contributed by atoms with Gasteiger partial charge in [-0.3, -0.25) is 4.98 Å². The van der Waals surface area contributed by atoms with Crippen molar-refractivity contribution in [3.05, 3.63) is 47.9 Å². The van der Waals surface area contributed by atoms with Gasteiger partial charge in [0.05, 0.1) is 18.1 Å². The Kier molecular flexibility index (Phi) is 4.47. The monoisotopic (exact) mass is 256 g/mol. The molecule has 0 saturated heterocycles. The highest BCUT2D eigenvalue weighted by atomic mass is 15.2. The van der Waals surface area contributed by atoms with Crippen molar-refractivity contribution in [2.75, 3.05) is 18.5 Å². The van der Waals surface area contributed by atoms with Crippen molar-refractivity contribution in [3.8, 4) is 0 Å². The van der Waals surface area contributed by atoms with Crippen LogP contribution in [0.5, 0.6) is 0 Å². The molecule has 2 aromatic rings. The fourth-order valence-electron chi connectivity index (χ4n) is 1.93. The number of nitrogens with zero attached hydrogens (tertiary/aromatic N) is 3. The van der Waals surface area contributed by atoms with E-state index in [-0.39, 0.29) is 0 Å². The van der Waals surface area contributed by atoms with Crippen LogP contribution in [0.4, 0.5) is 11.5 Å². The maximum absolute atomic E-state index is 4.47. The van der Waals surface area contributed by atoms with E-state index in [2.05, 4.69) is 46.2 Å². The van der Waals surface area contributed by atoms with Crippen molar-refractivity contribution in [2.24, 2.45) is 0 Å². The Morgan fingerprint density at radius 1 is 1.16 bits per heavy atom. The molecule has 0 aliphatic carbocycles. The molecule has 1 aromatic carbocycles. The first-order valence-electron chi connectivity index (χ1n) is 6.53. The van der Waals surface area contributed by atoms with Gasteiger partial charge in [0, 0.05) is 19.3 Å². The van der Waals surface area contributed by atoms with Crippen molar-refractivity contribution in [2.45, 2.75) is 20.4 Å². The summed E-state index contributed by atoms with van der Waals surface area (Å²) in [6.07, 6.45) is 3.64. The number of hydrogen-bond donors (Lipinski definition) is 1. The molecule has 19 heavy (non-hydrogen) atoms. The van der Waals surface area contributed by atoms with Gasteiger partial charge in [-0.25, -0.2) is 4.98 Å². The summed E-state index contributed by atoms with van der Waals surface area (Å²) in [6, 6.07) is 8.26. The molecule has 0 saturated carbocycles. The van der Waals surface area contributed by atoms with Crippen LogP contribution in [0, 0.1) is 6.92 Å². The predicted octanol–water partition coefficient (Wildman–Crippen LogP) is 2.66. The molecule has 2 rings (SSSR count). The molecule has 0 atom stereocenters. The maximum atomic E-state index is 4.47. The molecule has 100 valence electrons. The molecular formula is C15H20N4. The summed E-state index contributed by atoms with van der Waals surface area (Å²) >= 11 is 0. The van der Waals surface area contributed by atoms with Crippen LogP contribution in [0.1, 0.15) is 18.2 Å². The summed E-state index contributed by atoms with van der Waals surface area (Å²) in [4.78, 5) is 11.0. The first kappa shape index (κ1) is 13.5. The first-order valence-corrected chi connectivity index (χ1v) is 6.53. The Hall–Kier alpha value is -1.94. The average Bonchev–Trinajstić information content (AvgIpc) is 2.45. The van der Waals surface area contributed by atoms with Gasteiger partial charge in [0.1, 0.15) is 0 Å². The molecule has 0 amide bonds. The van der Waals surface area contributed by atoms with Crippen LogP contribution in [0.15, 0.2) is 36.7 Å². The zero-order valence-electron chi connectivity index (χ0n) is 11.7. The summed E-state index contributed by atoms with van der Waals surface area (Å²) in [5, 5.41) is 3.24. The smallest absolute Gasteiger partial charge is 0.151 e. The van der Waals surface area contributed by atoms with Gasteiger partial charge in [-0.2, -0.15) is 0 Å². The van der Waals surface area contributed by atoms with Crippen LogP contribution in [0.3, 0.4) is 0 Å². The summed E-state index contributed by atoms with van der Waals surface area (Å²) in [6.45, 7) is 5.87. The summed E-state index contributed by atoms with van der Waals surface area (Å²) in [7, 11) is 2.01. The van der Waals surface area contributed by atoms with E-state index in [9.17, 15) is 0 Å². The van der Waals surface area contributed by atoms with Crippen LogP contribution in [0.25, 0.3) is 0 Å². The van der Waals surface area contributed by atoms with E-state index in [1.165, 1.54) is 5.56 Å². The number of rotatable bonds is 5. The van der Waals surface area contributed by atoms with Gasteiger partial charge in [-0.05, 0) is 25.1 Å². The number of nitrogens with one attached hydrogen (secondary N) is 1. The molecule has 0 aliphatic rings. The fourth-order valence-corrected chi connectivity index (χ4v) is 1.93. The number of para-hydroxylation sites is 1. The lowest BCUT2D eigenvalue weighted by Crippen LogP contribution is -2.15. The summed E-state index contributed by atoms with van der Waals surface area (Å²) in [5.41, 5.74) is 3.34. The van der Waals surface area contributed by atoms with Crippen molar-refractivity contribution in [1.82, 2.24) is 15.3 Å². The third kappa shape index (κ3) is 3.29. The van der Waals surface area contributed by atoms with Gasteiger partial charge in [0.25, 0.3) is 0 Å². The molecule has 4 heteroatoms. The first-order chi connectivity index (χ1) is 9.22. The van der Waals surface area contributed by atoms with E-state index in [4.69, 9.17) is 0 Å². The van der Waals surface area contributed by atoms with Gasteiger partial charge in [0.2, 0.25) is 0 Å². The predicted molar refractivity (Wildman–Crippen MR) is 78.7 cm³/mol. The number of aryl methyl sites for hydroxylation is 1. The molecule has 0 spiro atoms. The molecule has 0 bridgehead atoms. The number of aromatic nitrogens is 2. The molecule has 0 aliphatic heterocycles. The van der Waals surface area contributed by atoms with Gasteiger partial charge in [0.15, 0.2) is 5.82 Å². The van der Waals surface area contributed by atoms with E-state index >= 15 is 0 Å². The fraction of sp³-hybridized carbons (Fsp3) is 0.333. The minimum absolute atomic E-state index is 0.762. The molecule has 4 nitrogen and oxygen atoms in total. The average molecular weight is 256 g/mol. The number of benzene rings is 1. The minimum atomic E-state index is 0.762. The van der Waals surface area contributed by atoms with E-state index < -0.39 is 0 Å². The van der Waals surface area contributed by atoms with E-state index in [0.29, 0.717) is 0 Å². The lowest BCUT2D eigenvalue weighted by Gasteiger charge is -2.20. The Bertz CT molecular complexity index is 522. The molecule has 1 N–H and O–H groups in total. The highest BCUT2D eigenvalue weighted by Gasteiger charge is 2.07. The second-order valence-electron chi connectivity index (χ2n) is 4.49. The molecule has 1 heterocycles. The van der Waals surface area contributed by atoms with Crippen LogP contribution < -0.4 is 10.2 Å². The molecule has 0 unspecified atom stereocenters. The van der Waals surface area contributed by atoms with Gasteiger partial charge in [-0.15, -0.1) is 0 Å². The standard InChI is InChI=1S/C15H20N4/c1-4-16-9-13-10-18-15(11-17-13)19(3)14-8-6-5-7-12(14)2/h5-8,10-11,16H,4,9H2,1-3H3. The van der Waals surface area contributed by atoms with Crippen molar-refractivity contribution in [1.29, 1.82) is 0 Å². The van der Waals surface area contributed by atoms with Crippen LogP contribution in [-0.2, 0) is 6.54 Å². The lowest BCUT2D eigenvalue weighted by molar-refractivity contribution is 0.707. The Morgan fingerprint density at radius 2 is 1.95 bits per heavy atom. The van der Waals surface area contributed by atoms with Crippen LogP contribution in [-0.4, -0.2) is 23.6 Å². The zero-order chi connectivity index (χ0) is 13.7. The topological polar surface area (TPSA) is 41.1 Å². The van der Waals surface area contributed by atoms with E-state index in [1.54, 1.807) is 0 Å². The quantitative estimate of drug-likeness (QED) is 0.893. The molecule has 1 aromatic heterocycles. The van der Waals surface area contributed by atoms with Crippen LogP contribution in [0.2, 0.25) is 0 Å². The largest absolute Gasteiger partial charge is 0.328 e. The third-order valence-electron chi connectivity index (χ3n) is 3.07. The second-order valence-corrected chi connectivity index (χ2v) is 4.49. The lowest BCUT2D eigenvalue weighted by atomic mass is 10.2. The SMILES string of the molecule is CCNCc1cnc(N(C)c2ccccc2C)cn1. The Labute approximate surface area is 114 Å². The maximum Gasteiger partial charge on any atom is 0.151 e. The molecule has 0 radical (unpaired) electrons. The summed E-state index contributed by atoms with van der Waals surface area (Å²) < 4.78 is 0. The number of anilines is 2. The van der Waals surface area contributed by atoms with Crippen LogP contribution >= 0.6 is 0 Å².